The highest BCUT2D eigenvalue weighted by Crippen LogP contribution is 2.20. The summed E-state index contributed by atoms with van der Waals surface area (Å²) >= 11 is 5.91. The van der Waals surface area contributed by atoms with E-state index in [9.17, 15) is 4.79 Å². The van der Waals surface area contributed by atoms with E-state index in [1.54, 1.807) is 18.2 Å². The highest BCUT2D eigenvalue weighted by molar-refractivity contribution is 6.30. The van der Waals surface area contributed by atoms with E-state index in [1.165, 1.54) is 0 Å². The standard InChI is InChI=1S/C17H21ClN2O2/c1-13(14-6-8-15(18)9-7-14)19(2)12-17(21)20(3)11-16-5-4-10-22-16/h4-10,13H,11-12H2,1-3H3. The van der Waals surface area contributed by atoms with Gasteiger partial charge in [0, 0.05) is 18.1 Å². The van der Waals surface area contributed by atoms with Crippen LogP contribution in [-0.4, -0.2) is 36.3 Å². The lowest BCUT2D eigenvalue weighted by Crippen LogP contribution is -2.37. The number of carbonyl (C=O) groups is 1. The van der Waals surface area contributed by atoms with Gasteiger partial charge in [0.05, 0.1) is 19.4 Å². The lowest BCUT2D eigenvalue weighted by molar-refractivity contribution is -0.132. The average Bonchev–Trinajstić information content (AvgIpc) is 3.00. The third kappa shape index (κ3) is 4.36. The van der Waals surface area contributed by atoms with Gasteiger partial charge in [-0.2, -0.15) is 0 Å². The number of likely N-dealkylation sites (N-methyl/N-ethyl adjacent to an activating group) is 2. The minimum absolute atomic E-state index is 0.0553. The molecule has 1 aromatic heterocycles. The molecule has 1 aromatic carbocycles. The van der Waals surface area contributed by atoms with E-state index in [0.29, 0.717) is 18.1 Å². The van der Waals surface area contributed by atoms with Crippen molar-refractivity contribution >= 4 is 17.5 Å². The number of halogens is 1. The Morgan fingerprint density at radius 1 is 1.23 bits per heavy atom. The van der Waals surface area contributed by atoms with Crippen LogP contribution in [0.5, 0.6) is 0 Å². The Morgan fingerprint density at radius 3 is 2.50 bits per heavy atom. The van der Waals surface area contributed by atoms with Gasteiger partial charge in [-0.1, -0.05) is 23.7 Å². The molecule has 0 bridgehead atoms. The van der Waals surface area contributed by atoms with Crippen LogP contribution in [-0.2, 0) is 11.3 Å². The van der Waals surface area contributed by atoms with Crippen molar-refractivity contribution in [2.24, 2.45) is 0 Å². The second kappa shape index (κ2) is 7.47. The van der Waals surface area contributed by atoms with Crippen LogP contribution in [0.1, 0.15) is 24.3 Å². The van der Waals surface area contributed by atoms with Gasteiger partial charge < -0.3 is 9.32 Å². The summed E-state index contributed by atoms with van der Waals surface area (Å²) in [7, 11) is 3.73. The fourth-order valence-electron chi connectivity index (χ4n) is 2.19. The van der Waals surface area contributed by atoms with Crippen LogP contribution >= 0.6 is 11.6 Å². The summed E-state index contributed by atoms with van der Waals surface area (Å²) in [5.41, 5.74) is 1.13. The molecule has 0 spiro atoms. The zero-order valence-electron chi connectivity index (χ0n) is 13.1. The van der Waals surface area contributed by atoms with Gasteiger partial charge in [0.25, 0.3) is 0 Å². The van der Waals surface area contributed by atoms with Gasteiger partial charge >= 0.3 is 0 Å². The van der Waals surface area contributed by atoms with Gasteiger partial charge in [0.1, 0.15) is 5.76 Å². The molecule has 2 aromatic rings. The van der Waals surface area contributed by atoms with Crippen LogP contribution in [0.3, 0.4) is 0 Å². The van der Waals surface area contributed by atoms with Gasteiger partial charge in [-0.15, -0.1) is 0 Å². The number of carbonyl (C=O) groups excluding carboxylic acids is 1. The Labute approximate surface area is 136 Å². The maximum absolute atomic E-state index is 12.3. The third-order valence-corrected chi connectivity index (χ3v) is 4.05. The van der Waals surface area contributed by atoms with E-state index in [0.717, 1.165) is 11.3 Å². The first-order chi connectivity index (χ1) is 10.5. The summed E-state index contributed by atoms with van der Waals surface area (Å²) < 4.78 is 5.27. The van der Waals surface area contributed by atoms with Crippen LogP contribution in [0.15, 0.2) is 47.1 Å². The topological polar surface area (TPSA) is 36.7 Å². The number of nitrogens with zero attached hydrogens (tertiary/aromatic N) is 2. The van der Waals surface area contributed by atoms with E-state index in [-0.39, 0.29) is 11.9 Å². The first kappa shape index (κ1) is 16.6. The Morgan fingerprint density at radius 2 is 1.91 bits per heavy atom. The number of hydrogen-bond donors (Lipinski definition) is 0. The van der Waals surface area contributed by atoms with Crippen molar-refractivity contribution in [2.75, 3.05) is 20.6 Å². The molecule has 0 saturated heterocycles. The number of hydrogen-bond acceptors (Lipinski definition) is 3. The normalized spacial score (nSPS) is 12.4. The van der Waals surface area contributed by atoms with Gasteiger partial charge in [-0.05, 0) is 43.8 Å². The van der Waals surface area contributed by atoms with Crippen LogP contribution < -0.4 is 0 Å². The van der Waals surface area contributed by atoms with Gasteiger partial charge in [-0.25, -0.2) is 0 Å². The third-order valence-electron chi connectivity index (χ3n) is 3.80. The van der Waals surface area contributed by atoms with Crippen molar-refractivity contribution in [1.82, 2.24) is 9.80 Å². The predicted molar refractivity (Wildman–Crippen MR) is 87.7 cm³/mol. The Hall–Kier alpha value is -1.78. The molecule has 0 saturated carbocycles. The summed E-state index contributed by atoms with van der Waals surface area (Å²) in [5.74, 6) is 0.837. The minimum Gasteiger partial charge on any atom is -0.467 e. The first-order valence-electron chi connectivity index (χ1n) is 7.19. The zero-order valence-corrected chi connectivity index (χ0v) is 13.9. The van der Waals surface area contributed by atoms with Crippen molar-refractivity contribution < 1.29 is 9.21 Å². The van der Waals surface area contributed by atoms with Crippen molar-refractivity contribution in [1.29, 1.82) is 0 Å². The SMILES string of the molecule is CC(c1ccc(Cl)cc1)N(C)CC(=O)N(C)Cc1ccco1. The maximum Gasteiger partial charge on any atom is 0.236 e. The largest absolute Gasteiger partial charge is 0.467 e. The fraction of sp³-hybridized carbons (Fsp3) is 0.353. The Bertz CT molecular complexity index is 596. The summed E-state index contributed by atoms with van der Waals surface area (Å²) in [6, 6.07) is 11.5. The minimum atomic E-state index is 0.0553. The highest BCUT2D eigenvalue weighted by Gasteiger charge is 2.18. The molecule has 22 heavy (non-hydrogen) atoms. The first-order valence-corrected chi connectivity index (χ1v) is 7.57. The maximum atomic E-state index is 12.3. The van der Waals surface area contributed by atoms with Gasteiger partial charge in [0.2, 0.25) is 5.91 Å². The van der Waals surface area contributed by atoms with E-state index >= 15 is 0 Å². The van der Waals surface area contributed by atoms with Crippen molar-refractivity contribution in [3.05, 3.63) is 59.0 Å². The summed E-state index contributed by atoms with van der Waals surface area (Å²) in [6.45, 7) is 2.90. The summed E-state index contributed by atoms with van der Waals surface area (Å²) in [5, 5.41) is 0.716. The Kier molecular flexibility index (Phi) is 5.63. The molecule has 1 atom stereocenters. The smallest absolute Gasteiger partial charge is 0.236 e. The lowest BCUT2D eigenvalue weighted by atomic mass is 10.1. The molecule has 0 aliphatic rings. The molecule has 0 radical (unpaired) electrons. The average molecular weight is 321 g/mol. The molecule has 5 heteroatoms. The van der Waals surface area contributed by atoms with Crippen LogP contribution in [0.25, 0.3) is 0 Å². The molecule has 1 unspecified atom stereocenters. The summed E-state index contributed by atoms with van der Waals surface area (Å²) in [6.07, 6.45) is 1.61. The van der Waals surface area contributed by atoms with E-state index < -0.39 is 0 Å². The monoisotopic (exact) mass is 320 g/mol. The molecular weight excluding hydrogens is 300 g/mol. The molecule has 0 aliphatic carbocycles. The molecule has 0 N–H and O–H groups in total. The lowest BCUT2D eigenvalue weighted by Gasteiger charge is -2.26. The fourth-order valence-corrected chi connectivity index (χ4v) is 2.32. The van der Waals surface area contributed by atoms with Crippen molar-refractivity contribution in [3.8, 4) is 0 Å². The quantitative estimate of drug-likeness (QED) is 0.816. The molecule has 118 valence electrons. The second-order valence-electron chi connectivity index (χ2n) is 5.47. The van der Waals surface area contributed by atoms with E-state index in [2.05, 4.69) is 6.92 Å². The van der Waals surface area contributed by atoms with Crippen molar-refractivity contribution in [2.45, 2.75) is 19.5 Å². The predicted octanol–water partition coefficient (Wildman–Crippen LogP) is 3.58. The van der Waals surface area contributed by atoms with Crippen molar-refractivity contribution in [3.63, 3.8) is 0 Å². The molecule has 4 nitrogen and oxygen atoms in total. The van der Waals surface area contributed by atoms with Crippen LogP contribution in [0.2, 0.25) is 5.02 Å². The molecule has 1 heterocycles. The van der Waals surface area contributed by atoms with Gasteiger partial charge in [0.15, 0.2) is 0 Å². The highest BCUT2D eigenvalue weighted by atomic mass is 35.5. The number of furan rings is 1. The van der Waals surface area contributed by atoms with Gasteiger partial charge in [-0.3, -0.25) is 9.69 Å². The molecule has 1 amide bonds. The Balaban J connectivity index is 1.91. The second-order valence-corrected chi connectivity index (χ2v) is 5.91. The van der Waals surface area contributed by atoms with Crippen LogP contribution in [0, 0.1) is 0 Å². The molecule has 2 rings (SSSR count). The number of rotatable bonds is 6. The van der Waals surface area contributed by atoms with Crippen LogP contribution in [0.4, 0.5) is 0 Å². The van der Waals surface area contributed by atoms with E-state index in [4.69, 9.17) is 16.0 Å². The van der Waals surface area contributed by atoms with E-state index in [1.807, 2.05) is 48.3 Å². The number of amides is 1. The molecule has 0 aliphatic heterocycles. The molecule has 0 fully saturated rings. The summed E-state index contributed by atoms with van der Waals surface area (Å²) in [4.78, 5) is 16.0. The zero-order chi connectivity index (χ0) is 16.1. The molecular formula is C17H21ClN2O2. The number of benzene rings is 1.